The number of nitrogens with one attached hydrogen (secondary N) is 2. The van der Waals surface area contributed by atoms with E-state index in [2.05, 4.69) is 19.6 Å². The Hall–Kier alpha value is -0.960. The highest BCUT2D eigenvalue weighted by Crippen LogP contribution is 2.05. The number of ether oxygens (including phenoxy) is 1. The summed E-state index contributed by atoms with van der Waals surface area (Å²) in [6.07, 6.45) is 2.50. The van der Waals surface area contributed by atoms with Crippen molar-refractivity contribution in [3.8, 4) is 0 Å². The Morgan fingerprint density at radius 3 is 3.18 bits per heavy atom. The van der Waals surface area contributed by atoms with Crippen molar-refractivity contribution in [2.24, 2.45) is 0 Å². The first kappa shape index (κ1) is 12.5. The van der Waals surface area contributed by atoms with Gasteiger partial charge in [-0.15, -0.1) is 0 Å². The Morgan fingerprint density at radius 1 is 1.71 bits per heavy atom. The molecule has 1 aliphatic heterocycles. The molecule has 1 aliphatic rings. The van der Waals surface area contributed by atoms with Crippen LogP contribution >= 0.6 is 0 Å². The first-order valence-electron chi connectivity index (χ1n) is 5.36. The maximum absolute atomic E-state index is 11.8. The SMILES string of the molecule is CN1CCOC(CNS(=O)(=O)c2cnc[nH]2)C1. The predicted molar refractivity (Wildman–Crippen MR) is 61.0 cm³/mol. The second-order valence-corrected chi connectivity index (χ2v) is 5.76. The Balaban J connectivity index is 1.89. The van der Waals surface area contributed by atoms with Crippen molar-refractivity contribution in [1.82, 2.24) is 19.6 Å². The van der Waals surface area contributed by atoms with E-state index in [4.69, 9.17) is 4.74 Å². The summed E-state index contributed by atoms with van der Waals surface area (Å²) in [5.41, 5.74) is 0. The van der Waals surface area contributed by atoms with Gasteiger partial charge >= 0.3 is 0 Å². The normalized spacial score (nSPS) is 22.8. The summed E-state index contributed by atoms with van der Waals surface area (Å²) in [4.78, 5) is 8.35. The van der Waals surface area contributed by atoms with E-state index in [1.54, 1.807) is 0 Å². The van der Waals surface area contributed by atoms with Crippen molar-refractivity contribution in [3.63, 3.8) is 0 Å². The van der Waals surface area contributed by atoms with Crippen LogP contribution in [0.15, 0.2) is 17.6 Å². The van der Waals surface area contributed by atoms with Crippen LogP contribution in [0.25, 0.3) is 0 Å². The standard InChI is InChI=1S/C9H16N4O3S/c1-13-2-3-16-8(6-13)4-12-17(14,15)9-5-10-7-11-9/h5,7-8,12H,2-4,6H2,1H3,(H,10,11). The number of aromatic amines is 1. The number of H-pyrrole nitrogens is 1. The second kappa shape index (κ2) is 5.13. The van der Waals surface area contributed by atoms with Crippen LogP contribution in [-0.2, 0) is 14.8 Å². The van der Waals surface area contributed by atoms with Gasteiger partial charge in [-0.05, 0) is 7.05 Å². The third-order valence-electron chi connectivity index (χ3n) is 2.61. The molecule has 0 saturated carbocycles. The predicted octanol–water partition coefficient (Wildman–Crippen LogP) is -0.981. The van der Waals surface area contributed by atoms with Gasteiger partial charge in [-0.2, -0.15) is 0 Å². The lowest BCUT2D eigenvalue weighted by Crippen LogP contribution is -2.45. The first-order chi connectivity index (χ1) is 8.08. The maximum Gasteiger partial charge on any atom is 0.257 e. The lowest BCUT2D eigenvalue weighted by molar-refractivity contribution is -0.0156. The molecule has 17 heavy (non-hydrogen) atoms. The molecule has 1 fully saturated rings. The molecule has 8 heteroatoms. The lowest BCUT2D eigenvalue weighted by Gasteiger charge is -2.29. The van der Waals surface area contributed by atoms with E-state index in [-0.39, 0.29) is 17.7 Å². The van der Waals surface area contributed by atoms with Crippen molar-refractivity contribution in [1.29, 1.82) is 0 Å². The van der Waals surface area contributed by atoms with Gasteiger partial charge in [0.2, 0.25) is 0 Å². The fraction of sp³-hybridized carbons (Fsp3) is 0.667. The van der Waals surface area contributed by atoms with E-state index in [9.17, 15) is 8.42 Å². The number of likely N-dealkylation sites (N-methyl/N-ethyl adjacent to an activating group) is 1. The molecule has 0 spiro atoms. The average molecular weight is 260 g/mol. The molecule has 1 atom stereocenters. The summed E-state index contributed by atoms with van der Waals surface area (Å²) in [5, 5.41) is 0.0710. The van der Waals surface area contributed by atoms with Crippen LogP contribution < -0.4 is 4.72 Å². The van der Waals surface area contributed by atoms with Gasteiger partial charge in [-0.3, -0.25) is 0 Å². The Morgan fingerprint density at radius 2 is 2.53 bits per heavy atom. The fourth-order valence-corrected chi connectivity index (χ4v) is 2.63. The molecule has 7 nitrogen and oxygen atoms in total. The molecule has 96 valence electrons. The van der Waals surface area contributed by atoms with Gasteiger partial charge in [0.05, 0.1) is 25.2 Å². The molecule has 0 aromatic carbocycles. The molecule has 0 amide bonds. The molecular weight excluding hydrogens is 244 g/mol. The zero-order valence-electron chi connectivity index (χ0n) is 9.59. The minimum absolute atomic E-state index is 0.0710. The van der Waals surface area contributed by atoms with Gasteiger partial charge in [0.1, 0.15) is 0 Å². The van der Waals surface area contributed by atoms with E-state index >= 15 is 0 Å². The topological polar surface area (TPSA) is 87.3 Å². The highest BCUT2D eigenvalue weighted by molar-refractivity contribution is 7.89. The number of hydrogen-bond acceptors (Lipinski definition) is 5. The summed E-state index contributed by atoms with van der Waals surface area (Å²) in [6.45, 7) is 2.51. The molecule has 1 unspecified atom stereocenters. The van der Waals surface area contributed by atoms with Gasteiger partial charge < -0.3 is 14.6 Å². The Bertz CT molecular complexity index is 445. The molecule has 2 rings (SSSR count). The van der Waals surface area contributed by atoms with Crippen LogP contribution in [0, 0.1) is 0 Å². The number of hydrogen-bond donors (Lipinski definition) is 2. The number of sulfonamides is 1. The largest absolute Gasteiger partial charge is 0.374 e. The minimum Gasteiger partial charge on any atom is -0.374 e. The van der Waals surface area contributed by atoms with Crippen molar-refractivity contribution in [3.05, 3.63) is 12.5 Å². The van der Waals surface area contributed by atoms with E-state index in [0.29, 0.717) is 6.61 Å². The number of rotatable bonds is 4. The summed E-state index contributed by atoms with van der Waals surface area (Å²) < 4.78 is 31.5. The Labute approximate surface area is 100 Å². The molecule has 0 radical (unpaired) electrons. The number of aromatic nitrogens is 2. The van der Waals surface area contributed by atoms with Crippen LogP contribution in [0.4, 0.5) is 0 Å². The summed E-state index contributed by atoms with van der Waals surface area (Å²) in [5.74, 6) is 0. The van der Waals surface area contributed by atoms with Crippen LogP contribution in [0.2, 0.25) is 0 Å². The Kier molecular flexibility index (Phi) is 3.77. The quantitative estimate of drug-likeness (QED) is 0.726. The first-order valence-corrected chi connectivity index (χ1v) is 6.84. The molecule has 1 saturated heterocycles. The minimum atomic E-state index is -3.50. The third kappa shape index (κ3) is 3.25. The second-order valence-electron chi connectivity index (χ2n) is 4.02. The van der Waals surface area contributed by atoms with Crippen molar-refractivity contribution >= 4 is 10.0 Å². The smallest absolute Gasteiger partial charge is 0.257 e. The third-order valence-corrected chi connectivity index (χ3v) is 3.95. The monoisotopic (exact) mass is 260 g/mol. The highest BCUT2D eigenvalue weighted by Gasteiger charge is 2.21. The van der Waals surface area contributed by atoms with Gasteiger partial charge in [-0.25, -0.2) is 18.1 Å². The fourth-order valence-electron chi connectivity index (χ4n) is 1.66. The molecule has 0 aliphatic carbocycles. The van der Waals surface area contributed by atoms with Gasteiger partial charge in [-0.1, -0.05) is 0 Å². The van der Waals surface area contributed by atoms with Gasteiger partial charge in [0.15, 0.2) is 5.03 Å². The van der Waals surface area contributed by atoms with E-state index in [1.807, 2.05) is 7.05 Å². The highest BCUT2D eigenvalue weighted by atomic mass is 32.2. The van der Waals surface area contributed by atoms with Crippen LogP contribution in [0.3, 0.4) is 0 Å². The zero-order valence-corrected chi connectivity index (χ0v) is 10.4. The van der Waals surface area contributed by atoms with Crippen LogP contribution in [0.1, 0.15) is 0 Å². The number of morpholine rings is 1. The summed E-state index contributed by atoms with van der Waals surface area (Å²) in [7, 11) is -1.52. The van der Waals surface area contributed by atoms with Gasteiger partial charge in [0, 0.05) is 19.6 Å². The van der Waals surface area contributed by atoms with Crippen molar-refractivity contribution in [2.45, 2.75) is 11.1 Å². The number of nitrogens with zero attached hydrogens (tertiary/aromatic N) is 2. The van der Waals surface area contributed by atoms with Crippen LogP contribution in [-0.4, -0.2) is 62.7 Å². The maximum atomic E-state index is 11.8. The zero-order chi connectivity index (χ0) is 12.3. The average Bonchev–Trinajstić information content (AvgIpc) is 2.81. The molecular formula is C9H16N4O3S. The van der Waals surface area contributed by atoms with Gasteiger partial charge in [0.25, 0.3) is 10.0 Å². The molecule has 1 aromatic rings. The number of imidazole rings is 1. The van der Waals surface area contributed by atoms with Crippen molar-refractivity contribution in [2.75, 3.05) is 33.3 Å². The van der Waals surface area contributed by atoms with E-state index in [1.165, 1.54) is 12.5 Å². The van der Waals surface area contributed by atoms with E-state index < -0.39 is 10.0 Å². The lowest BCUT2D eigenvalue weighted by atomic mass is 10.3. The summed E-state index contributed by atoms with van der Waals surface area (Å²) in [6, 6.07) is 0. The molecule has 0 bridgehead atoms. The van der Waals surface area contributed by atoms with E-state index in [0.717, 1.165) is 13.1 Å². The molecule has 1 aromatic heterocycles. The summed E-state index contributed by atoms with van der Waals surface area (Å²) >= 11 is 0. The van der Waals surface area contributed by atoms with Crippen LogP contribution in [0.5, 0.6) is 0 Å². The molecule has 2 N–H and O–H groups in total. The molecule has 2 heterocycles. The van der Waals surface area contributed by atoms with Crippen molar-refractivity contribution < 1.29 is 13.2 Å².